The topological polar surface area (TPSA) is 91.7 Å². The van der Waals surface area contributed by atoms with E-state index in [-0.39, 0.29) is 30.4 Å². The van der Waals surface area contributed by atoms with E-state index in [1.54, 1.807) is 6.92 Å². The van der Waals surface area contributed by atoms with Crippen LogP contribution in [0.4, 0.5) is 8.78 Å². The smallest absolute Gasteiger partial charge is 0.221 e. The first-order chi connectivity index (χ1) is 14.3. The normalized spacial score (nSPS) is 50.6. The Balaban J connectivity index is 1.90. The van der Waals surface area contributed by atoms with Crippen molar-refractivity contribution in [3.8, 4) is 0 Å². The number of aliphatic hydroxyl groups is 2. The van der Waals surface area contributed by atoms with Crippen molar-refractivity contribution in [3.05, 3.63) is 22.8 Å². The quantitative estimate of drug-likeness (QED) is 0.472. The van der Waals surface area contributed by atoms with E-state index in [0.717, 1.165) is 11.6 Å². The van der Waals surface area contributed by atoms with Gasteiger partial charge in [0, 0.05) is 28.7 Å². The number of carbonyl (C=O) groups excluding carboxylic acids is 3. The van der Waals surface area contributed by atoms with Gasteiger partial charge in [-0.1, -0.05) is 25.4 Å². The maximum absolute atomic E-state index is 17.0. The monoisotopic (exact) mass is 476 g/mol. The zero-order valence-electron chi connectivity index (χ0n) is 17.1. The Kier molecular flexibility index (Phi) is 5.14. The Bertz CT molecular complexity index is 950. The molecule has 170 valence electrons. The second-order valence-corrected chi connectivity index (χ2v) is 10.5. The maximum atomic E-state index is 17.0. The Morgan fingerprint density at radius 3 is 2.55 bits per heavy atom. The minimum Gasteiger partial charge on any atom is -0.388 e. The van der Waals surface area contributed by atoms with Crippen LogP contribution in [0.1, 0.15) is 39.5 Å². The molecule has 4 aliphatic carbocycles. The van der Waals surface area contributed by atoms with Gasteiger partial charge in [0.15, 0.2) is 11.4 Å². The summed E-state index contributed by atoms with van der Waals surface area (Å²) in [6.45, 7) is 2.13. The molecule has 0 aliphatic heterocycles. The summed E-state index contributed by atoms with van der Waals surface area (Å²) in [5.41, 5.74) is -6.00. The van der Waals surface area contributed by atoms with Crippen LogP contribution < -0.4 is 0 Å². The molecule has 2 unspecified atom stereocenters. The highest BCUT2D eigenvalue weighted by Crippen LogP contribution is 2.72. The number of alkyl halides is 3. The van der Waals surface area contributed by atoms with Gasteiger partial charge in [-0.3, -0.25) is 14.4 Å². The summed E-state index contributed by atoms with van der Waals surface area (Å²) in [6, 6.07) is 0. The van der Waals surface area contributed by atoms with Crippen LogP contribution in [0.25, 0.3) is 0 Å². The fourth-order valence-electron chi connectivity index (χ4n) is 6.93. The lowest BCUT2D eigenvalue weighted by molar-refractivity contribution is -0.185. The number of hydrogen-bond donors (Lipinski definition) is 2. The third-order valence-electron chi connectivity index (χ3n) is 8.75. The standard InChI is InChI=1S/C22H24Cl2F2O5/c1-19-3-4-21(26)16(11(19)5-10(8-23)22(19,31)15(30)9-27)17(24)18(25)12-6-13(28)14(29)7-20(12,21)2/h6,8,11,16-18,27,31H,3-5,7,9H2,1-2H3/t11-,16+,17?,18?,19-,20-,21+,22-/m0/s1. The van der Waals surface area contributed by atoms with Crippen molar-refractivity contribution in [1.82, 2.24) is 0 Å². The molecule has 3 saturated carbocycles. The Morgan fingerprint density at radius 2 is 1.97 bits per heavy atom. The van der Waals surface area contributed by atoms with Crippen LogP contribution in [-0.2, 0) is 14.4 Å². The molecular weight excluding hydrogens is 453 g/mol. The molecule has 0 heterocycles. The summed E-state index contributed by atoms with van der Waals surface area (Å²) in [6.07, 6.45) is -1.63. The minimum atomic E-state index is -2.14. The van der Waals surface area contributed by atoms with Gasteiger partial charge in [0.05, 0.1) is 5.38 Å². The number of allylic oxidation sites excluding steroid dienone is 1. The number of hydrogen-bond acceptors (Lipinski definition) is 5. The van der Waals surface area contributed by atoms with Gasteiger partial charge in [-0.05, 0) is 42.4 Å². The average Bonchev–Trinajstić information content (AvgIpc) is 2.96. The van der Waals surface area contributed by atoms with Crippen LogP contribution in [0.2, 0.25) is 0 Å². The molecule has 0 aromatic heterocycles. The lowest BCUT2D eigenvalue weighted by Crippen LogP contribution is -2.69. The van der Waals surface area contributed by atoms with Gasteiger partial charge in [0.25, 0.3) is 0 Å². The third-order valence-corrected chi connectivity index (χ3v) is 9.50. The summed E-state index contributed by atoms with van der Waals surface area (Å²) in [5.74, 6) is -4.44. The van der Waals surface area contributed by atoms with Crippen molar-refractivity contribution >= 4 is 40.6 Å². The predicted octanol–water partition coefficient (Wildman–Crippen LogP) is 2.98. The molecular formula is C22H24Cl2F2O5. The van der Waals surface area contributed by atoms with E-state index in [4.69, 9.17) is 23.2 Å². The molecule has 9 heteroatoms. The summed E-state index contributed by atoms with van der Waals surface area (Å²) in [5, 5.41) is 19.6. The molecule has 2 N–H and O–H groups in total. The van der Waals surface area contributed by atoms with Gasteiger partial charge in [0.1, 0.15) is 18.4 Å². The van der Waals surface area contributed by atoms with Crippen molar-refractivity contribution in [2.24, 2.45) is 22.7 Å². The Hall–Kier alpha value is -1.15. The number of aliphatic hydroxyl groups excluding tert-OH is 1. The molecule has 0 aromatic rings. The summed E-state index contributed by atoms with van der Waals surface area (Å²) >= 11 is 12.4. The van der Waals surface area contributed by atoms with Crippen molar-refractivity contribution in [3.63, 3.8) is 0 Å². The van der Waals surface area contributed by atoms with E-state index in [0.29, 0.717) is 0 Å². The largest absolute Gasteiger partial charge is 0.388 e. The molecule has 4 rings (SSSR count). The van der Waals surface area contributed by atoms with Crippen LogP contribution in [0.5, 0.6) is 0 Å². The van der Waals surface area contributed by atoms with E-state index in [9.17, 15) is 24.6 Å². The highest BCUT2D eigenvalue weighted by Gasteiger charge is 2.76. The Morgan fingerprint density at radius 1 is 1.32 bits per heavy atom. The average molecular weight is 477 g/mol. The minimum absolute atomic E-state index is 0.00345. The first kappa shape index (κ1) is 23.0. The number of fused-ring (bicyclic) bond motifs is 5. The highest BCUT2D eigenvalue weighted by atomic mass is 35.5. The van der Waals surface area contributed by atoms with Gasteiger partial charge in [-0.15, -0.1) is 11.6 Å². The second kappa shape index (κ2) is 6.92. The lowest BCUT2D eigenvalue weighted by Gasteiger charge is -2.63. The van der Waals surface area contributed by atoms with Crippen LogP contribution in [0, 0.1) is 22.7 Å². The molecule has 0 saturated heterocycles. The molecule has 0 amide bonds. The van der Waals surface area contributed by atoms with Gasteiger partial charge >= 0.3 is 0 Å². The maximum Gasteiger partial charge on any atom is 0.221 e. The zero-order valence-corrected chi connectivity index (χ0v) is 18.6. The summed E-state index contributed by atoms with van der Waals surface area (Å²) in [4.78, 5) is 36.8. The first-order valence-electron chi connectivity index (χ1n) is 10.3. The molecule has 3 fully saturated rings. The van der Waals surface area contributed by atoms with Crippen molar-refractivity contribution in [1.29, 1.82) is 0 Å². The van der Waals surface area contributed by atoms with Gasteiger partial charge in [-0.25, -0.2) is 8.78 Å². The number of Topliss-reactive ketones (excluding diaryl/α,β-unsaturated/α-hetero) is 2. The third kappa shape index (κ3) is 2.52. The van der Waals surface area contributed by atoms with Crippen LogP contribution in [0.15, 0.2) is 22.8 Å². The summed E-state index contributed by atoms with van der Waals surface area (Å²) in [7, 11) is 0. The molecule has 4 aliphatic rings. The second-order valence-electron chi connectivity index (χ2n) is 9.78. The van der Waals surface area contributed by atoms with E-state index in [1.165, 1.54) is 6.92 Å². The number of ketones is 3. The van der Waals surface area contributed by atoms with Crippen LogP contribution in [-0.4, -0.2) is 57.0 Å². The number of carbonyl (C=O) groups is 3. The fourth-order valence-corrected chi connectivity index (χ4v) is 7.69. The van der Waals surface area contributed by atoms with E-state index < -0.39 is 75.9 Å². The lowest BCUT2D eigenvalue weighted by atomic mass is 9.44. The SMILES string of the molecule is C[C@]12CC(=O)C(=O)C=C1C(F)C(Cl)[C@H]1[C@@H]3CC(=CCl)[C@](O)(C(=O)CO)[C@@]3(C)CC[C@@]12F. The van der Waals surface area contributed by atoms with Crippen molar-refractivity contribution in [2.45, 2.75) is 62.3 Å². The molecule has 5 nitrogen and oxygen atoms in total. The molecule has 8 atom stereocenters. The molecule has 0 spiro atoms. The molecule has 31 heavy (non-hydrogen) atoms. The van der Waals surface area contributed by atoms with Gasteiger partial charge < -0.3 is 10.2 Å². The zero-order chi connectivity index (χ0) is 23.1. The van der Waals surface area contributed by atoms with Gasteiger partial charge in [-0.2, -0.15) is 0 Å². The predicted molar refractivity (Wildman–Crippen MR) is 109 cm³/mol. The van der Waals surface area contributed by atoms with Gasteiger partial charge in [0.2, 0.25) is 11.6 Å². The van der Waals surface area contributed by atoms with Crippen LogP contribution >= 0.6 is 23.2 Å². The molecule has 0 aromatic carbocycles. The van der Waals surface area contributed by atoms with E-state index in [1.807, 2.05) is 0 Å². The highest BCUT2D eigenvalue weighted by molar-refractivity contribution is 6.42. The molecule has 0 radical (unpaired) electrons. The summed E-state index contributed by atoms with van der Waals surface area (Å²) < 4.78 is 32.5. The van der Waals surface area contributed by atoms with E-state index in [2.05, 4.69) is 0 Å². The van der Waals surface area contributed by atoms with Crippen molar-refractivity contribution < 1.29 is 33.4 Å². The number of halogens is 4. The van der Waals surface area contributed by atoms with Crippen LogP contribution in [0.3, 0.4) is 0 Å². The van der Waals surface area contributed by atoms with E-state index >= 15 is 8.78 Å². The Labute approximate surface area is 188 Å². The number of rotatable bonds is 2. The van der Waals surface area contributed by atoms with Crippen molar-refractivity contribution in [2.75, 3.05) is 6.61 Å². The fraction of sp³-hybridized carbons (Fsp3) is 0.682. The first-order valence-corrected chi connectivity index (χ1v) is 11.1. The molecule has 0 bridgehead atoms.